The third-order valence-electron chi connectivity index (χ3n) is 4.99. The van der Waals surface area contributed by atoms with Gasteiger partial charge in [0.2, 0.25) is 0 Å². The third-order valence-corrected chi connectivity index (χ3v) is 4.99. The number of aromatic nitrogens is 3. The van der Waals surface area contributed by atoms with E-state index < -0.39 is 17.2 Å². The first kappa shape index (κ1) is 18.2. The minimum Gasteiger partial charge on any atom is -0.462 e. The van der Waals surface area contributed by atoms with Crippen molar-refractivity contribution in [3.8, 4) is 0 Å². The molecule has 1 aliphatic carbocycles. The lowest BCUT2D eigenvalue weighted by Gasteiger charge is -2.14. The Morgan fingerprint density at radius 1 is 1.21 bits per heavy atom. The highest BCUT2D eigenvalue weighted by atomic mass is 16.5. The molecule has 0 amide bonds. The zero-order valence-electron chi connectivity index (χ0n) is 15.8. The molecule has 4 rings (SSSR count). The van der Waals surface area contributed by atoms with Gasteiger partial charge in [0.05, 0.1) is 24.1 Å². The minimum absolute atomic E-state index is 0.120. The van der Waals surface area contributed by atoms with Crippen LogP contribution >= 0.6 is 0 Å². The highest BCUT2D eigenvalue weighted by Crippen LogP contribution is 2.39. The smallest absolute Gasteiger partial charge is 0.339 e. The Kier molecular flexibility index (Phi) is 4.58. The van der Waals surface area contributed by atoms with Gasteiger partial charge in [0.15, 0.2) is 0 Å². The van der Waals surface area contributed by atoms with Gasteiger partial charge in [-0.2, -0.15) is 0 Å². The monoisotopic (exact) mass is 379 g/mol. The Bertz CT molecular complexity index is 1170. The van der Waals surface area contributed by atoms with Crippen LogP contribution in [0.4, 0.5) is 0 Å². The van der Waals surface area contributed by atoms with Crippen molar-refractivity contribution in [3.05, 3.63) is 74.1 Å². The van der Waals surface area contributed by atoms with Crippen LogP contribution in [0.25, 0.3) is 11.0 Å². The second-order valence-corrected chi connectivity index (χ2v) is 7.01. The number of ether oxygens (including phenoxy) is 1. The molecule has 7 nitrogen and oxygen atoms in total. The van der Waals surface area contributed by atoms with Gasteiger partial charge in [-0.3, -0.25) is 13.9 Å². The molecule has 1 fully saturated rings. The molecule has 2 heterocycles. The second-order valence-electron chi connectivity index (χ2n) is 7.01. The quantitative estimate of drug-likeness (QED) is 0.635. The Hall–Kier alpha value is -3.22. The fourth-order valence-corrected chi connectivity index (χ4v) is 3.36. The predicted octanol–water partition coefficient (Wildman–Crippen LogP) is 2.20. The van der Waals surface area contributed by atoms with Crippen LogP contribution in [-0.4, -0.2) is 26.7 Å². The minimum atomic E-state index is -0.571. The number of esters is 1. The molecule has 3 aromatic rings. The van der Waals surface area contributed by atoms with E-state index in [9.17, 15) is 14.4 Å². The van der Waals surface area contributed by atoms with Gasteiger partial charge in [0.25, 0.3) is 5.56 Å². The molecular weight excluding hydrogens is 358 g/mol. The number of nitrogens with zero attached hydrogens (tertiary/aromatic N) is 3. The van der Waals surface area contributed by atoms with Crippen molar-refractivity contribution in [2.45, 2.75) is 32.2 Å². The standard InChI is InChI=1S/C21H21N3O4/c1-3-28-20(26)15-11-16(14-9-10-14)22-18-17(15)19(25)24(21(27)23(18)2)12-13-7-5-4-6-8-13/h4-8,11,14H,3,9-10,12H2,1-2H3. The molecule has 2 aromatic heterocycles. The van der Waals surface area contributed by atoms with Gasteiger partial charge in [-0.15, -0.1) is 0 Å². The summed E-state index contributed by atoms with van der Waals surface area (Å²) in [7, 11) is 1.57. The van der Waals surface area contributed by atoms with Crippen molar-refractivity contribution >= 4 is 17.0 Å². The third kappa shape index (κ3) is 3.13. The number of aryl methyl sites for hydroxylation is 1. The van der Waals surface area contributed by atoms with Crippen molar-refractivity contribution < 1.29 is 9.53 Å². The average Bonchev–Trinajstić information content (AvgIpc) is 3.55. The topological polar surface area (TPSA) is 83.2 Å². The first-order valence-corrected chi connectivity index (χ1v) is 9.36. The lowest BCUT2D eigenvalue weighted by Crippen LogP contribution is -2.40. The summed E-state index contributed by atoms with van der Waals surface area (Å²) in [5.41, 5.74) is 0.964. The van der Waals surface area contributed by atoms with Gasteiger partial charge in [-0.05, 0) is 31.4 Å². The largest absolute Gasteiger partial charge is 0.462 e. The summed E-state index contributed by atoms with van der Waals surface area (Å²) in [4.78, 5) is 43.3. The van der Waals surface area contributed by atoms with E-state index in [2.05, 4.69) is 4.98 Å². The molecule has 0 spiro atoms. The molecule has 144 valence electrons. The van der Waals surface area contributed by atoms with E-state index in [1.807, 2.05) is 30.3 Å². The normalized spacial score (nSPS) is 13.6. The average molecular weight is 379 g/mol. The number of hydrogen-bond donors (Lipinski definition) is 0. The second kappa shape index (κ2) is 7.07. The number of pyridine rings is 1. The summed E-state index contributed by atoms with van der Waals surface area (Å²) in [6.07, 6.45) is 1.97. The van der Waals surface area contributed by atoms with Gasteiger partial charge in [-0.25, -0.2) is 14.6 Å². The molecule has 0 radical (unpaired) electrons. The fourth-order valence-electron chi connectivity index (χ4n) is 3.36. The van der Waals surface area contributed by atoms with E-state index in [1.54, 1.807) is 20.0 Å². The summed E-state index contributed by atoms with van der Waals surface area (Å²) in [6, 6.07) is 10.9. The SMILES string of the molecule is CCOC(=O)c1cc(C2CC2)nc2c1c(=O)n(Cc1ccccc1)c(=O)n2C. The first-order valence-electron chi connectivity index (χ1n) is 9.36. The van der Waals surface area contributed by atoms with Crippen LogP contribution < -0.4 is 11.2 Å². The van der Waals surface area contributed by atoms with Gasteiger partial charge in [-0.1, -0.05) is 30.3 Å². The lowest BCUT2D eigenvalue weighted by molar-refractivity contribution is 0.0528. The maximum absolute atomic E-state index is 13.2. The van der Waals surface area contributed by atoms with Crippen LogP contribution in [-0.2, 0) is 18.3 Å². The van der Waals surface area contributed by atoms with E-state index >= 15 is 0 Å². The molecule has 1 saturated carbocycles. The number of carbonyl (C=O) groups is 1. The molecule has 0 unspecified atom stereocenters. The van der Waals surface area contributed by atoms with Crippen molar-refractivity contribution in [1.82, 2.24) is 14.1 Å². The molecule has 0 N–H and O–H groups in total. The van der Waals surface area contributed by atoms with E-state index in [4.69, 9.17) is 4.74 Å². The van der Waals surface area contributed by atoms with Gasteiger partial charge in [0.1, 0.15) is 5.65 Å². The zero-order valence-corrected chi connectivity index (χ0v) is 15.8. The number of carbonyl (C=O) groups excluding carboxylic acids is 1. The summed E-state index contributed by atoms with van der Waals surface area (Å²) < 4.78 is 7.65. The van der Waals surface area contributed by atoms with Crippen LogP contribution in [0.2, 0.25) is 0 Å². The van der Waals surface area contributed by atoms with Crippen LogP contribution in [0, 0.1) is 0 Å². The number of fused-ring (bicyclic) bond motifs is 1. The molecule has 0 aliphatic heterocycles. The molecule has 0 bridgehead atoms. The summed E-state index contributed by atoms with van der Waals surface area (Å²) in [6.45, 7) is 2.03. The van der Waals surface area contributed by atoms with Crippen LogP contribution in [0.3, 0.4) is 0 Å². The fraction of sp³-hybridized carbons (Fsp3) is 0.333. The highest BCUT2D eigenvalue weighted by Gasteiger charge is 2.29. The van der Waals surface area contributed by atoms with E-state index in [-0.39, 0.29) is 35.7 Å². The van der Waals surface area contributed by atoms with Crippen molar-refractivity contribution in [2.24, 2.45) is 7.05 Å². The Balaban J connectivity index is 1.99. The maximum Gasteiger partial charge on any atom is 0.339 e. The van der Waals surface area contributed by atoms with Crippen molar-refractivity contribution in [1.29, 1.82) is 0 Å². The number of benzene rings is 1. The Labute approximate surface area is 161 Å². The molecule has 28 heavy (non-hydrogen) atoms. The highest BCUT2D eigenvalue weighted by molar-refractivity contribution is 6.02. The van der Waals surface area contributed by atoms with E-state index in [0.717, 1.165) is 28.7 Å². The first-order chi connectivity index (χ1) is 13.5. The molecule has 0 atom stereocenters. The van der Waals surface area contributed by atoms with Crippen molar-refractivity contribution in [3.63, 3.8) is 0 Å². The van der Waals surface area contributed by atoms with Gasteiger partial charge in [0, 0.05) is 18.7 Å². The van der Waals surface area contributed by atoms with Gasteiger partial charge >= 0.3 is 11.7 Å². The molecule has 0 saturated heterocycles. The van der Waals surface area contributed by atoms with Crippen LogP contribution in [0.1, 0.15) is 47.3 Å². The van der Waals surface area contributed by atoms with E-state index in [1.165, 1.54) is 4.57 Å². The van der Waals surface area contributed by atoms with Crippen LogP contribution in [0.5, 0.6) is 0 Å². The number of rotatable bonds is 5. The van der Waals surface area contributed by atoms with E-state index in [0.29, 0.717) is 0 Å². The van der Waals surface area contributed by atoms with Crippen molar-refractivity contribution in [2.75, 3.05) is 6.61 Å². The molecule has 7 heteroatoms. The Morgan fingerprint density at radius 2 is 1.93 bits per heavy atom. The lowest BCUT2D eigenvalue weighted by atomic mass is 10.1. The molecule has 1 aliphatic rings. The summed E-state index contributed by atoms with van der Waals surface area (Å²) in [5, 5.41) is 0.126. The summed E-state index contributed by atoms with van der Waals surface area (Å²) >= 11 is 0. The van der Waals surface area contributed by atoms with Crippen LogP contribution in [0.15, 0.2) is 46.0 Å². The molecular formula is C21H21N3O4. The van der Waals surface area contributed by atoms with Gasteiger partial charge < -0.3 is 4.74 Å². The predicted molar refractivity (Wildman–Crippen MR) is 105 cm³/mol. The zero-order chi connectivity index (χ0) is 19.8. The summed E-state index contributed by atoms with van der Waals surface area (Å²) in [5.74, 6) is -0.307. The maximum atomic E-state index is 13.2. The molecule has 1 aromatic carbocycles. The Morgan fingerprint density at radius 3 is 2.57 bits per heavy atom. The number of hydrogen-bond acceptors (Lipinski definition) is 5.